The summed E-state index contributed by atoms with van der Waals surface area (Å²) >= 11 is 0. The smallest absolute Gasteiger partial charge is 0.274 e. The quantitative estimate of drug-likeness (QED) is 0.879. The van der Waals surface area contributed by atoms with E-state index in [1.807, 2.05) is 0 Å². The molecule has 1 aromatic heterocycles. The van der Waals surface area contributed by atoms with Crippen LogP contribution in [0.25, 0.3) is 0 Å². The largest absolute Gasteiger partial charge is 0.497 e. The number of amides is 1. The van der Waals surface area contributed by atoms with Crippen molar-refractivity contribution in [2.24, 2.45) is 0 Å². The zero-order valence-corrected chi connectivity index (χ0v) is 13.9. The van der Waals surface area contributed by atoms with Gasteiger partial charge in [-0.3, -0.25) is 4.79 Å². The number of benzene rings is 1. The molecule has 0 aliphatic heterocycles. The van der Waals surface area contributed by atoms with E-state index in [0.717, 1.165) is 42.8 Å². The number of ether oxygens (including phenoxy) is 1. The van der Waals surface area contributed by atoms with Gasteiger partial charge in [0.15, 0.2) is 5.69 Å². The van der Waals surface area contributed by atoms with Crippen molar-refractivity contribution in [3.63, 3.8) is 0 Å². The molecule has 0 radical (unpaired) electrons. The number of rotatable bonds is 5. The van der Waals surface area contributed by atoms with Gasteiger partial charge in [-0.1, -0.05) is 17.3 Å². The van der Waals surface area contributed by atoms with Gasteiger partial charge in [-0.25, -0.2) is 0 Å². The fourth-order valence-corrected chi connectivity index (χ4v) is 3.01. The standard InChI is InChI=1S/C18H22N2O4/c1-11(17(21)12-7-9-13(23-2)10-8-12)19-18(22)16-14-5-3-4-6-15(14)24-20-16/h7-11,17,21H,3-6H2,1-2H3,(H,19,22). The molecule has 2 atom stereocenters. The highest BCUT2D eigenvalue weighted by atomic mass is 16.5. The minimum atomic E-state index is -0.817. The van der Waals surface area contributed by atoms with Crippen LogP contribution in [-0.4, -0.2) is 29.3 Å². The molecule has 0 fully saturated rings. The van der Waals surface area contributed by atoms with E-state index in [1.54, 1.807) is 38.3 Å². The predicted molar refractivity (Wildman–Crippen MR) is 88.0 cm³/mol. The van der Waals surface area contributed by atoms with Crippen molar-refractivity contribution in [2.75, 3.05) is 7.11 Å². The average Bonchev–Trinajstić information content (AvgIpc) is 3.05. The van der Waals surface area contributed by atoms with Gasteiger partial charge in [0.2, 0.25) is 0 Å². The fraction of sp³-hybridized carbons (Fsp3) is 0.444. The third-order valence-corrected chi connectivity index (χ3v) is 4.45. The van der Waals surface area contributed by atoms with Crippen molar-refractivity contribution < 1.29 is 19.2 Å². The van der Waals surface area contributed by atoms with Crippen LogP contribution in [0.15, 0.2) is 28.8 Å². The highest BCUT2D eigenvalue weighted by Gasteiger charge is 2.26. The number of aliphatic hydroxyl groups is 1. The Kier molecular flexibility index (Phi) is 4.85. The van der Waals surface area contributed by atoms with Gasteiger partial charge in [-0.2, -0.15) is 0 Å². The van der Waals surface area contributed by atoms with Crippen LogP contribution in [0, 0.1) is 0 Å². The van der Waals surface area contributed by atoms with Crippen LogP contribution in [0.3, 0.4) is 0 Å². The molecule has 2 unspecified atom stereocenters. The van der Waals surface area contributed by atoms with E-state index in [0.29, 0.717) is 11.3 Å². The number of hydrogen-bond donors (Lipinski definition) is 2. The second-order valence-corrected chi connectivity index (χ2v) is 6.12. The van der Waals surface area contributed by atoms with Gasteiger partial charge < -0.3 is 19.7 Å². The Morgan fingerprint density at radius 2 is 2.00 bits per heavy atom. The fourth-order valence-electron chi connectivity index (χ4n) is 3.01. The number of methoxy groups -OCH3 is 1. The summed E-state index contributed by atoms with van der Waals surface area (Å²) in [5, 5.41) is 17.2. The zero-order chi connectivity index (χ0) is 17.1. The molecular formula is C18H22N2O4. The molecule has 1 amide bonds. The second kappa shape index (κ2) is 7.05. The topological polar surface area (TPSA) is 84.6 Å². The summed E-state index contributed by atoms with van der Waals surface area (Å²) in [5.41, 5.74) is 1.97. The first kappa shape index (κ1) is 16.5. The molecule has 1 aliphatic carbocycles. The summed E-state index contributed by atoms with van der Waals surface area (Å²) in [5.74, 6) is 1.23. The Labute approximate surface area is 140 Å². The van der Waals surface area contributed by atoms with E-state index in [2.05, 4.69) is 10.5 Å². The lowest BCUT2D eigenvalue weighted by molar-refractivity contribution is 0.0842. The highest BCUT2D eigenvalue weighted by Crippen LogP contribution is 2.25. The van der Waals surface area contributed by atoms with Crippen molar-refractivity contribution in [3.8, 4) is 5.75 Å². The molecule has 6 nitrogen and oxygen atoms in total. The second-order valence-electron chi connectivity index (χ2n) is 6.12. The molecule has 3 rings (SSSR count). The maximum absolute atomic E-state index is 12.5. The van der Waals surface area contributed by atoms with Crippen molar-refractivity contribution in [1.82, 2.24) is 10.5 Å². The zero-order valence-electron chi connectivity index (χ0n) is 13.9. The maximum Gasteiger partial charge on any atom is 0.274 e. The van der Waals surface area contributed by atoms with Gasteiger partial charge in [-0.05, 0) is 43.9 Å². The third kappa shape index (κ3) is 3.28. The molecule has 0 bridgehead atoms. The molecule has 1 aromatic carbocycles. The Bertz CT molecular complexity index is 708. The monoisotopic (exact) mass is 330 g/mol. The molecule has 24 heavy (non-hydrogen) atoms. The average molecular weight is 330 g/mol. The van der Waals surface area contributed by atoms with E-state index in [4.69, 9.17) is 9.26 Å². The lowest BCUT2D eigenvalue weighted by atomic mass is 9.96. The molecule has 0 saturated heterocycles. The molecule has 1 heterocycles. The lowest BCUT2D eigenvalue weighted by Crippen LogP contribution is -2.37. The molecule has 0 spiro atoms. The van der Waals surface area contributed by atoms with Gasteiger partial charge in [0.25, 0.3) is 5.91 Å². The van der Waals surface area contributed by atoms with Crippen LogP contribution in [0.2, 0.25) is 0 Å². The Hall–Kier alpha value is -2.34. The number of fused-ring (bicyclic) bond motifs is 1. The summed E-state index contributed by atoms with van der Waals surface area (Å²) in [7, 11) is 1.59. The number of carbonyl (C=O) groups excluding carboxylic acids is 1. The summed E-state index contributed by atoms with van der Waals surface area (Å²) in [6.45, 7) is 1.76. The van der Waals surface area contributed by atoms with Gasteiger partial charge in [-0.15, -0.1) is 0 Å². The molecule has 0 saturated carbocycles. The van der Waals surface area contributed by atoms with Gasteiger partial charge in [0.1, 0.15) is 11.5 Å². The predicted octanol–water partition coefficient (Wildman–Crippen LogP) is 2.41. The molecule has 1 aliphatic rings. The first-order chi connectivity index (χ1) is 11.6. The summed E-state index contributed by atoms with van der Waals surface area (Å²) < 4.78 is 10.4. The molecule has 2 aromatic rings. The van der Waals surface area contributed by atoms with Gasteiger partial charge >= 0.3 is 0 Å². The van der Waals surface area contributed by atoms with Crippen molar-refractivity contribution >= 4 is 5.91 Å². The van der Waals surface area contributed by atoms with Crippen molar-refractivity contribution in [2.45, 2.75) is 44.8 Å². The van der Waals surface area contributed by atoms with Crippen LogP contribution in [0.1, 0.15) is 53.2 Å². The number of hydrogen-bond acceptors (Lipinski definition) is 5. The van der Waals surface area contributed by atoms with E-state index in [9.17, 15) is 9.90 Å². The van der Waals surface area contributed by atoms with E-state index < -0.39 is 12.1 Å². The van der Waals surface area contributed by atoms with Crippen LogP contribution in [0.5, 0.6) is 5.75 Å². The first-order valence-corrected chi connectivity index (χ1v) is 8.20. The summed E-state index contributed by atoms with van der Waals surface area (Å²) in [6.07, 6.45) is 2.94. The minimum Gasteiger partial charge on any atom is -0.497 e. The highest BCUT2D eigenvalue weighted by molar-refractivity contribution is 5.94. The van der Waals surface area contributed by atoms with Crippen LogP contribution in [-0.2, 0) is 12.8 Å². The molecular weight excluding hydrogens is 308 g/mol. The van der Waals surface area contributed by atoms with E-state index >= 15 is 0 Å². The normalized spacial score (nSPS) is 16.1. The Morgan fingerprint density at radius 1 is 1.29 bits per heavy atom. The maximum atomic E-state index is 12.5. The number of nitrogens with zero attached hydrogens (tertiary/aromatic N) is 1. The number of aromatic nitrogens is 1. The summed E-state index contributed by atoms with van der Waals surface area (Å²) in [6, 6.07) is 6.66. The minimum absolute atomic E-state index is 0.304. The van der Waals surface area contributed by atoms with Crippen LogP contribution < -0.4 is 10.1 Å². The molecule has 128 valence electrons. The van der Waals surface area contributed by atoms with E-state index in [-0.39, 0.29) is 5.91 Å². The number of aliphatic hydroxyl groups excluding tert-OH is 1. The van der Waals surface area contributed by atoms with Crippen LogP contribution in [0.4, 0.5) is 0 Å². The third-order valence-electron chi connectivity index (χ3n) is 4.45. The number of carbonyl (C=O) groups is 1. The van der Waals surface area contributed by atoms with E-state index in [1.165, 1.54) is 0 Å². The Balaban J connectivity index is 1.68. The Morgan fingerprint density at radius 3 is 2.71 bits per heavy atom. The van der Waals surface area contributed by atoms with Crippen LogP contribution >= 0.6 is 0 Å². The SMILES string of the molecule is COc1ccc(C(O)C(C)NC(=O)c2noc3c2CCCC3)cc1. The number of nitrogens with one attached hydrogen (secondary N) is 1. The molecule has 6 heteroatoms. The van der Waals surface area contributed by atoms with Crippen molar-refractivity contribution in [3.05, 3.63) is 46.8 Å². The lowest BCUT2D eigenvalue weighted by Gasteiger charge is -2.20. The van der Waals surface area contributed by atoms with Gasteiger partial charge in [0.05, 0.1) is 19.3 Å². The first-order valence-electron chi connectivity index (χ1n) is 8.20. The summed E-state index contributed by atoms with van der Waals surface area (Å²) in [4.78, 5) is 12.5. The molecule has 2 N–H and O–H groups in total. The number of aryl methyl sites for hydroxylation is 1. The van der Waals surface area contributed by atoms with Gasteiger partial charge in [0, 0.05) is 12.0 Å². The van der Waals surface area contributed by atoms with Crippen molar-refractivity contribution in [1.29, 1.82) is 0 Å².